The molecule has 0 bridgehead atoms. The molecule has 4 aliphatic carbocycles. The van der Waals surface area contributed by atoms with Crippen molar-refractivity contribution in [2.45, 2.75) is 73.7 Å². The molecule has 0 nitrogen and oxygen atoms in total. The molecule has 0 N–H and O–H groups in total. The van der Waals surface area contributed by atoms with E-state index in [2.05, 4.69) is 6.08 Å². The monoisotopic (exact) mass is 294 g/mol. The van der Waals surface area contributed by atoms with Crippen molar-refractivity contribution in [3.8, 4) is 0 Å². The lowest BCUT2D eigenvalue weighted by molar-refractivity contribution is 0.167. The molecule has 3 fully saturated rings. The van der Waals surface area contributed by atoms with Crippen LogP contribution in [-0.2, 0) is 0 Å². The summed E-state index contributed by atoms with van der Waals surface area (Å²) in [6.07, 6.45) is 16.4. The summed E-state index contributed by atoms with van der Waals surface area (Å²) in [6.45, 7) is 0. The summed E-state index contributed by atoms with van der Waals surface area (Å²) in [6, 6.07) is 0. The fourth-order valence-electron chi connectivity index (χ4n) is 5.79. The average Bonchev–Trinajstić information content (AvgIpc) is 2.79. The van der Waals surface area contributed by atoms with Crippen LogP contribution in [0.3, 0.4) is 0 Å². The van der Waals surface area contributed by atoms with E-state index < -0.39 is 0 Å². The summed E-state index contributed by atoms with van der Waals surface area (Å²) in [7, 11) is 0. The highest BCUT2D eigenvalue weighted by Crippen LogP contribution is 2.61. The molecule has 5 atom stereocenters. The normalized spacial score (nSPS) is 52.9. The highest BCUT2D eigenvalue weighted by atomic mass is 32.1. The van der Waals surface area contributed by atoms with Crippen molar-refractivity contribution in [1.29, 1.82) is 0 Å². The standard InChI is InChI=1S/C17H26S2/c18-16-9-3-5-14(16)13-7-6-12-4-1-2-10-17(12,19)15(13)8-11-16/h8,12-14,18-19H,1-7,9-11H2. The van der Waals surface area contributed by atoms with Crippen LogP contribution in [-0.4, -0.2) is 9.49 Å². The van der Waals surface area contributed by atoms with Crippen LogP contribution in [0, 0.1) is 17.8 Å². The van der Waals surface area contributed by atoms with Crippen molar-refractivity contribution in [2.75, 3.05) is 0 Å². The third-order valence-electron chi connectivity index (χ3n) is 6.74. The van der Waals surface area contributed by atoms with Crippen molar-refractivity contribution in [2.24, 2.45) is 17.8 Å². The second-order valence-corrected chi connectivity index (χ2v) is 9.21. The first-order valence-electron chi connectivity index (χ1n) is 8.29. The van der Waals surface area contributed by atoms with Gasteiger partial charge in [-0.05, 0) is 62.7 Å². The molecule has 19 heavy (non-hydrogen) atoms. The Morgan fingerprint density at radius 1 is 0.947 bits per heavy atom. The molecule has 5 unspecified atom stereocenters. The van der Waals surface area contributed by atoms with E-state index in [-0.39, 0.29) is 4.75 Å². The summed E-state index contributed by atoms with van der Waals surface area (Å²) in [5.41, 5.74) is 1.75. The molecule has 0 heterocycles. The molecule has 4 rings (SSSR count). The summed E-state index contributed by atoms with van der Waals surface area (Å²) in [5, 5.41) is 0. The van der Waals surface area contributed by atoms with E-state index in [9.17, 15) is 0 Å². The van der Waals surface area contributed by atoms with Gasteiger partial charge in [-0.15, -0.1) is 0 Å². The predicted molar refractivity (Wildman–Crippen MR) is 88.2 cm³/mol. The Bertz CT molecular complexity index is 415. The van der Waals surface area contributed by atoms with Crippen LogP contribution < -0.4 is 0 Å². The van der Waals surface area contributed by atoms with Crippen molar-refractivity contribution < 1.29 is 0 Å². The molecule has 0 aromatic carbocycles. The van der Waals surface area contributed by atoms with E-state index in [0.717, 1.165) is 17.8 Å². The summed E-state index contributed by atoms with van der Waals surface area (Å²) in [5.74, 6) is 2.53. The van der Waals surface area contributed by atoms with E-state index in [1.807, 2.05) is 0 Å². The molecule has 2 heteroatoms. The first kappa shape index (κ1) is 13.1. The van der Waals surface area contributed by atoms with Crippen molar-refractivity contribution in [3.05, 3.63) is 11.6 Å². The van der Waals surface area contributed by atoms with Gasteiger partial charge in [0, 0.05) is 9.49 Å². The Morgan fingerprint density at radius 3 is 2.74 bits per heavy atom. The van der Waals surface area contributed by atoms with Gasteiger partial charge in [0.2, 0.25) is 0 Å². The topological polar surface area (TPSA) is 0 Å². The van der Waals surface area contributed by atoms with E-state index in [4.69, 9.17) is 25.3 Å². The Morgan fingerprint density at radius 2 is 1.84 bits per heavy atom. The quantitative estimate of drug-likeness (QED) is 0.453. The van der Waals surface area contributed by atoms with Gasteiger partial charge in [0.05, 0.1) is 0 Å². The maximum absolute atomic E-state index is 5.26. The Labute approximate surface area is 128 Å². The van der Waals surface area contributed by atoms with Gasteiger partial charge in [0.1, 0.15) is 0 Å². The van der Waals surface area contributed by atoms with Gasteiger partial charge in [0.25, 0.3) is 0 Å². The SMILES string of the molecule is SC12CC=C3C(CCC4CCCCC34S)C1CCC2. The highest BCUT2D eigenvalue weighted by Gasteiger charge is 2.54. The summed E-state index contributed by atoms with van der Waals surface area (Å²) >= 11 is 10.4. The first-order valence-corrected chi connectivity index (χ1v) is 9.18. The smallest absolute Gasteiger partial charge is 0.0368 e. The molecule has 0 spiro atoms. The van der Waals surface area contributed by atoms with Crippen LogP contribution in [0.4, 0.5) is 0 Å². The summed E-state index contributed by atoms with van der Waals surface area (Å²) in [4.78, 5) is 0. The number of hydrogen-bond acceptors (Lipinski definition) is 2. The largest absolute Gasteiger partial charge is 0.172 e. The van der Waals surface area contributed by atoms with E-state index in [0.29, 0.717) is 4.75 Å². The lowest BCUT2D eigenvalue weighted by Crippen LogP contribution is -2.49. The van der Waals surface area contributed by atoms with Gasteiger partial charge in [0.15, 0.2) is 0 Å². The maximum Gasteiger partial charge on any atom is 0.0368 e. The first-order chi connectivity index (χ1) is 9.13. The van der Waals surface area contributed by atoms with E-state index >= 15 is 0 Å². The fourth-order valence-corrected chi connectivity index (χ4v) is 7.02. The van der Waals surface area contributed by atoms with Crippen molar-refractivity contribution in [1.82, 2.24) is 0 Å². The molecule has 106 valence electrons. The van der Waals surface area contributed by atoms with E-state index in [1.54, 1.807) is 5.57 Å². The van der Waals surface area contributed by atoms with Crippen molar-refractivity contribution in [3.63, 3.8) is 0 Å². The number of allylic oxidation sites excluding steroid dienone is 1. The molecule has 0 amide bonds. The van der Waals surface area contributed by atoms with Gasteiger partial charge >= 0.3 is 0 Å². The van der Waals surface area contributed by atoms with Crippen LogP contribution >= 0.6 is 25.3 Å². The van der Waals surface area contributed by atoms with Crippen LogP contribution in [0.5, 0.6) is 0 Å². The summed E-state index contributed by atoms with van der Waals surface area (Å²) < 4.78 is 0.596. The minimum Gasteiger partial charge on any atom is -0.172 e. The van der Waals surface area contributed by atoms with E-state index in [1.165, 1.54) is 64.2 Å². The zero-order valence-electron chi connectivity index (χ0n) is 11.8. The Hall–Kier alpha value is 0.440. The fraction of sp³-hybridized carbons (Fsp3) is 0.882. The molecular formula is C17H26S2. The van der Waals surface area contributed by atoms with Crippen molar-refractivity contribution >= 4 is 25.3 Å². The van der Waals surface area contributed by atoms with Gasteiger partial charge in [-0.3, -0.25) is 0 Å². The van der Waals surface area contributed by atoms with Crippen LogP contribution in [0.2, 0.25) is 0 Å². The number of rotatable bonds is 0. The molecular weight excluding hydrogens is 268 g/mol. The predicted octanol–water partition coefficient (Wildman–Crippen LogP) is 5.05. The van der Waals surface area contributed by atoms with Gasteiger partial charge < -0.3 is 0 Å². The molecule has 3 saturated carbocycles. The molecule has 0 aromatic rings. The minimum atomic E-state index is 0.263. The highest BCUT2D eigenvalue weighted by molar-refractivity contribution is 7.82. The van der Waals surface area contributed by atoms with Crippen LogP contribution in [0.15, 0.2) is 11.6 Å². The zero-order chi connectivity index (χ0) is 13.1. The third kappa shape index (κ3) is 1.81. The molecule has 0 aromatic heterocycles. The molecule has 0 radical (unpaired) electrons. The van der Waals surface area contributed by atoms with Gasteiger partial charge in [-0.25, -0.2) is 0 Å². The number of thiol groups is 2. The zero-order valence-corrected chi connectivity index (χ0v) is 13.6. The third-order valence-corrected chi connectivity index (χ3v) is 8.32. The second kappa shape index (κ2) is 4.47. The molecule has 0 saturated heterocycles. The lowest BCUT2D eigenvalue weighted by Gasteiger charge is -2.54. The van der Waals surface area contributed by atoms with Gasteiger partial charge in [-0.2, -0.15) is 25.3 Å². The number of fused-ring (bicyclic) bond motifs is 5. The minimum absolute atomic E-state index is 0.263. The Balaban J connectivity index is 1.72. The maximum atomic E-state index is 5.26. The molecule has 4 aliphatic rings. The van der Waals surface area contributed by atoms with Crippen LogP contribution in [0.1, 0.15) is 64.2 Å². The second-order valence-electron chi connectivity index (χ2n) is 7.52. The lowest BCUT2D eigenvalue weighted by atomic mass is 9.57. The van der Waals surface area contributed by atoms with Gasteiger partial charge in [-0.1, -0.05) is 30.9 Å². The number of hydrogen-bond donors (Lipinski definition) is 2. The Kier molecular flexibility index (Phi) is 3.09. The molecule has 0 aliphatic heterocycles. The van der Waals surface area contributed by atoms with Crippen LogP contribution in [0.25, 0.3) is 0 Å². The average molecular weight is 295 g/mol.